The van der Waals surface area contributed by atoms with E-state index < -0.39 is 5.79 Å². The molecule has 1 aromatic carbocycles. The van der Waals surface area contributed by atoms with Gasteiger partial charge in [-0.15, -0.1) is 0 Å². The predicted molar refractivity (Wildman–Crippen MR) is 120 cm³/mol. The van der Waals surface area contributed by atoms with Gasteiger partial charge in [0, 0.05) is 37.2 Å². The molecule has 3 aliphatic rings. The summed E-state index contributed by atoms with van der Waals surface area (Å²) in [6.07, 6.45) is 9.99. The molecule has 1 saturated carbocycles. The van der Waals surface area contributed by atoms with E-state index in [1.165, 1.54) is 16.7 Å². The smallest absolute Gasteiger partial charge is 0.181 e. The molecule has 0 amide bonds. The molecular formula is C27H36O3. The lowest BCUT2D eigenvalue weighted by Crippen LogP contribution is -2.63. The quantitative estimate of drug-likeness (QED) is 0.505. The van der Waals surface area contributed by atoms with Crippen LogP contribution < -0.4 is 0 Å². The zero-order valence-corrected chi connectivity index (χ0v) is 19.2. The number of fused-ring (bicyclic) bond motifs is 1. The lowest BCUT2D eigenvalue weighted by Gasteiger charge is -2.57. The van der Waals surface area contributed by atoms with Crippen LogP contribution in [-0.4, -0.2) is 24.3 Å². The zero-order valence-electron chi connectivity index (χ0n) is 19.2. The molecule has 2 saturated heterocycles. The van der Waals surface area contributed by atoms with Gasteiger partial charge in [0.05, 0.1) is 5.60 Å². The van der Waals surface area contributed by atoms with Crippen LogP contribution in [0.3, 0.4) is 0 Å². The Hall–Kier alpha value is -1.71. The van der Waals surface area contributed by atoms with E-state index in [0.29, 0.717) is 18.6 Å². The van der Waals surface area contributed by atoms with Crippen LogP contribution in [0.2, 0.25) is 0 Å². The van der Waals surface area contributed by atoms with Gasteiger partial charge >= 0.3 is 0 Å². The van der Waals surface area contributed by atoms with Crippen LogP contribution in [0.5, 0.6) is 0 Å². The van der Waals surface area contributed by atoms with Crippen molar-refractivity contribution in [3.05, 3.63) is 59.2 Å². The van der Waals surface area contributed by atoms with Gasteiger partial charge in [-0.1, -0.05) is 53.6 Å². The number of ether oxygens (including phenoxy) is 2. The van der Waals surface area contributed by atoms with E-state index in [1.807, 2.05) is 0 Å². The first-order valence-corrected chi connectivity index (χ1v) is 11.3. The van der Waals surface area contributed by atoms with E-state index in [4.69, 9.17) is 9.47 Å². The highest BCUT2D eigenvalue weighted by Crippen LogP contribution is 2.75. The molecule has 1 aromatic rings. The van der Waals surface area contributed by atoms with E-state index in [2.05, 4.69) is 70.2 Å². The molecule has 4 rings (SSSR count). The monoisotopic (exact) mass is 408 g/mol. The van der Waals surface area contributed by atoms with Crippen molar-refractivity contribution in [3.63, 3.8) is 0 Å². The molecule has 2 unspecified atom stereocenters. The van der Waals surface area contributed by atoms with Gasteiger partial charge in [0.15, 0.2) is 5.79 Å². The normalized spacial score (nSPS) is 36.6. The Morgan fingerprint density at radius 3 is 1.97 bits per heavy atom. The highest BCUT2D eigenvalue weighted by molar-refractivity contribution is 5.82. The van der Waals surface area contributed by atoms with Gasteiger partial charge in [0.2, 0.25) is 0 Å². The topological polar surface area (TPSA) is 35.5 Å². The molecule has 0 aromatic heterocycles. The summed E-state index contributed by atoms with van der Waals surface area (Å²) in [5.41, 5.74) is 2.99. The minimum Gasteiger partial charge on any atom is -0.352 e. The van der Waals surface area contributed by atoms with E-state index in [1.54, 1.807) is 7.11 Å². The fraction of sp³-hybridized carbons (Fsp3) is 0.593. The van der Waals surface area contributed by atoms with Crippen LogP contribution in [-0.2, 0) is 20.7 Å². The number of Topliss-reactive ketones (excluding diaryl/α,β-unsaturated/α-hetero) is 1. The van der Waals surface area contributed by atoms with Crippen molar-refractivity contribution in [1.29, 1.82) is 0 Å². The third-order valence-corrected chi connectivity index (χ3v) is 7.61. The summed E-state index contributed by atoms with van der Waals surface area (Å²) in [7, 11) is 1.80. The Kier molecular flexibility index (Phi) is 5.35. The highest BCUT2D eigenvalue weighted by Gasteiger charge is 2.81. The van der Waals surface area contributed by atoms with Gasteiger partial charge in [-0.05, 0) is 58.9 Å². The van der Waals surface area contributed by atoms with E-state index in [-0.39, 0.29) is 16.4 Å². The standard InChI is InChI=1S/C27H36O3/c1-20(2)11-13-24-16-23(28)17-25(14-12-21(3)4)19-26(18-24,30-27(24,25)29-5)15-22-9-7-6-8-10-22/h6-12H,13-19H2,1-5H3/t24-,25+,26?,27?. The van der Waals surface area contributed by atoms with Crippen LogP contribution in [0.25, 0.3) is 0 Å². The molecule has 3 heteroatoms. The average molecular weight is 409 g/mol. The van der Waals surface area contributed by atoms with Crippen LogP contribution in [0.15, 0.2) is 53.6 Å². The van der Waals surface area contributed by atoms with Crippen LogP contribution >= 0.6 is 0 Å². The van der Waals surface area contributed by atoms with Crippen molar-refractivity contribution in [2.45, 2.75) is 84.0 Å². The molecule has 3 fully saturated rings. The minimum atomic E-state index is -0.708. The SMILES string of the molecule is COC12OC3(Cc4ccccc4)C[C@]1(CC=C(C)C)CC(=O)C[C@]2(CC=C(C)C)C3. The number of rotatable bonds is 7. The summed E-state index contributed by atoms with van der Waals surface area (Å²) in [5.74, 6) is -0.341. The van der Waals surface area contributed by atoms with E-state index in [0.717, 1.165) is 32.1 Å². The Bertz CT molecular complexity index is 831. The largest absolute Gasteiger partial charge is 0.352 e. The van der Waals surface area contributed by atoms with E-state index in [9.17, 15) is 4.79 Å². The number of benzene rings is 1. The third-order valence-electron chi connectivity index (χ3n) is 7.61. The van der Waals surface area contributed by atoms with Crippen LogP contribution in [0.1, 0.15) is 71.8 Å². The van der Waals surface area contributed by atoms with Crippen LogP contribution in [0.4, 0.5) is 0 Å². The molecule has 30 heavy (non-hydrogen) atoms. The maximum Gasteiger partial charge on any atom is 0.181 e. The van der Waals surface area contributed by atoms with Gasteiger partial charge in [-0.25, -0.2) is 0 Å². The first-order chi connectivity index (χ1) is 14.2. The van der Waals surface area contributed by atoms with Gasteiger partial charge in [0.1, 0.15) is 5.78 Å². The van der Waals surface area contributed by atoms with Crippen molar-refractivity contribution in [2.24, 2.45) is 10.8 Å². The second kappa shape index (κ2) is 7.46. The predicted octanol–water partition coefficient (Wildman–Crippen LogP) is 6.18. The molecule has 2 heterocycles. The van der Waals surface area contributed by atoms with Crippen molar-refractivity contribution in [1.82, 2.24) is 0 Å². The second-order valence-electron chi connectivity index (χ2n) is 10.5. The molecule has 2 aliphatic heterocycles. The number of carbonyl (C=O) groups is 1. The number of carbonyl (C=O) groups excluding carboxylic acids is 1. The Balaban J connectivity index is 1.83. The summed E-state index contributed by atoms with van der Waals surface area (Å²) in [6.45, 7) is 8.52. The summed E-state index contributed by atoms with van der Waals surface area (Å²) in [6, 6.07) is 10.6. The first kappa shape index (κ1) is 21.5. The number of hydrogen-bond donors (Lipinski definition) is 0. The van der Waals surface area contributed by atoms with Gasteiger partial charge in [-0.3, -0.25) is 4.79 Å². The number of ketones is 1. The van der Waals surface area contributed by atoms with Crippen molar-refractivity contribution < 1.29 is 14.3 Å². The summed E-state index contributed by atoms with van der Waals surface area (Å²) in [5, 5.41) is 0. The van der Waals surface area contributed by atoms with E-state index >= 15 is 0 Å². The number of hydrogen-bond acceptors (Lipinski definition) is 3. The summed E-state index contributed by atoms with van der Waals surface area (Å²) >= 11 is 0. The van der Waals surface area contributed by atoms with Crippen molar-refractivity contribution >= 4 is 5.78 Å². The summed E-state index contributed by atoms with van der Waals surface area (Å²) < 4.78 is 13.5. The van der Waals surface area contributed by atoms with Crippen molar-refractivity contribution in [3.8, 4) is 0 Å². The molecule has 3 nitrogen and oxygen atoms in total. The van der Waals surface area contributed by atoms with Gasteiger partial charge in [-0.2, -0.15) is 0 Å². The number of allylic oxidation sites excluding steroid dienone is 4. The Morgan fingerprint density at radius 1 is 0.967 bits per heavy atom. The minimum absolute atomic E-state index is 0.275. The molecule has 0 spiro atoms. The van der Waals surface area contributed by atoms with Crippen LogP contribution in [0, 0.1) is 10.8 Å². The Morgan fingerprint density at radius 2 is 1.50 bits per heavy atom. The zero-order chi connectivity index (χ0) is 21.6. The second-order valence-corrected chi connectivity index (χ2v) is 10.5. The molecule has 1 aliphatic carbocycles. The van der Waals surface area contributed by atoms with Crippen molar-refractivity contribution in [2.75, 3.05) is 7.11 Å². The molecule has 4 atom stereocenters. The molecule has 162 valence electrons. The molecule has 2 bridgehead atoms. The Labute approximate surface area is 181 Å². The third kappa shape index (κ3) is 3.22. The highest BCUT2D eigenvalue weighted by atomic mass is 16.7. The molecule has 0 N–H and O–H groups in total. The first-order valence-electron chi connectivity index (χ1n) is 11.3. The molecule has 0 radical (unpaired) electrons. The average Bonchev–Trinajstić information content (AvgIpc) is 3.11. The van der Waals surface area contributed by atoms with Gasteiger partial charge < -0.3 is 9.47 Å². The fourth-order valence-corrected chi connectivity index (χ4v) is 6.82. The maximum absolute atomic E-state index is 13.1. The lowest BCUT2D eigenvalue weighted by molar-refractivity contribution is -0.299. The molecular weight excluding hydrogens is 372 g/mol. The van der Waals surface area contributed by atoms with Gasteiger partial charge in [0.25, 0.3) is 0 Å². The lowest BCUT2D eigenvalue weighted by atomic mass is 9.47. The summed E-state index contributed by atoms with van der Waals surface area (Å²) in [4.78, 5) is 13.1. The number of methoxy groups -OCH3 is 1. The maximum atomic E-state index is 13.1. The fourth-order valence-electron chi connectivity index (χ4n) is 6.82.